The van der Waals surface area contributed by atoms with Crippen molar-refractivity contribution in [1.29, 1.82) is 0 Å². The molecule has 0 radical (unpaired) electrons. The van der Waals surface area contributed by atoms with Crippen molar-refractivity contribution in [3.63, 3.8) is 0 Å². The van der Waals surface area contributed by atoms with Crippen LogP contribution in [0, 0.1) is 5.92 Å². The summed E-state index contributed by atoms with van der Waals surface area (Å²) >= 11 is 0. The van der Waals surface area contributed by atoms with E-state index in [2.05, 4.69) is 5.32 Å². The second kappa shape index (κ2) is 9.68. The van der Waals surface area contributed by atoms with Crippen molar-refractivity contribution in [3.8, 4) is 0 Å². The van der Waals surface area contributed by atoms with E-state index in [9.17, 15) is 8.42 Å². The van der Waals surface area contributed by atoms with Crippen LogP contribution in [0.25, 0.3) is 0 Å². The molecule has 0 atom stereocenters. The zero-order chi connectivity index (χ0) is 15.8. The Morgan fingerprint density at radius 3 is 2.10 bits per heavy atom. The van der Waals surface area contributed by atoms with Crippen LogP contribution in [0.5, 0.6) is 0 Å². The molecule has 122 valence electrons. The molecule has 0 aliphatic rings. The summed E-state index contributed by atoms with van der Waals surface area (Å²) in [7, 11) is 4.08. The van der Waals surface area contributed by atoms with Crippen molar-refractivity contribution in [1.82, 2.24) is 18.8 Å². The summed E-state index contributed by atoms with van der Waals surface area (Å²) in [4.78, 5) is 2.00. The molecular formula is C13H32N4O2S. The molecule has 0 aliphatic carbocycles. The maximum atomic E-state index is 12.6. The maximum Gasteiger partial charge on any atom is 0.281 e. The molecule has 0 saturated carbocycles. The van der Waals surface area contributed by atoms with Gasteiger partial charge in [-0.05, 0) is 40.0 Å². The number of rotatable bonds is 11. The Balaban J connectivity index is 4.73. The van der Waals surface area contributed by atoms with E-state index in [4.69, 9.17) is 0 Å². The van der Waals surface area contributed by atoms with Crippen molar-refractivity contribution < 1.29 is 8.42 Å². The molecule has 0 heterocycles. The summed E-state index contributed by atoms with van der Waals surface area (Å²) in [5.41, 5.74) is 0. The smallest absolute Gasteiger partial charge is 0.281 e. The second-order valence-corrected chi connectivity index (χ2v) is 7.88. The van der Waals surface area contributed by atoms with Gasteiger partial charge in [-0.1, -0.05) is 13.8 Å². The monoisotopic (exact) mass is 308 g/mol. The van der Waals surface area contributed by atoms with Gasteiger partial charge >= 0.3 is 0 Å². The van der Waals surface area contributed by atoms with Crippen molar-refractivity contribution in [3.05, 3.63) is 0 Å². The Hall–Kier alpha value is -0.210. The van der Waals surface area contributed by atoms with Gasteiger partial charge < -0.3 is 10.2 Å². The lowest BCUT2D eigenvalue weighted by Crippen LogP contribution is -2.46. The third-order valence-corrected chi connectivity index (χ3v) is 4.94. The molecule has 0 spiro atoms. The zero-order valence-corrected chi connectivity index (χ0v) is 14.7. The molecule has 0 aliphatic heterocycles. The van der Waals surface area contributed by atoms with Gasteiger partial charge in [0, 0.05) is 33.2 Å². The average molecular weight is 308 g/mol. The van der Waals surface area contributed by atoms with E-state index in [1.165, 1.54) is 4.31 Å². The Labute approximate surface area is 125 Å². The quantitative estimate of drug-likeness (QED) is 0.558. The molecule has 0 unspecified atom stereocenters. The fourth-order valence-corrected chi connectivity index (χ4v) is 3.36. The van der Waals surface area contributed by atoms with Gasteiger partial charge in [0.1, 0.15) is 0 Å². The van der Waals surface area contributed by atoms with Gasteiger partial charge in [0.05, 0.1) is 0 Å². The average Bonchev–Trinajstić information content (AvgIpc) is 2.33. The highest BCUT2D eigenvalue weighted by Gasteiger charge is 2.26. The summed E-state index contributed by atoms with van der Waals surface area (Å²) in [5.74, 6) is 0.317. The van der Waals surface area contributed by atoms with E-state index < -0.39 is 10.2 Å². The topological polar surface area (TPSA) is 55.9 Å². The normalized spacial score (nSPS) is 13.1. The summed E-state index contributed by atoms with van der Waals surface area (Å²) in [6.45, 7) is 7.27. The van der Waals surface area contributed by atoms with Crippen molar-refractivity contribution in [2.24, 2.45) is 5.92 Å². The minimum atomic E-state index is -3.36. The van der Waals surface area contributed by atoms with Crippen LogP contribution >= 0.6 is 0 Å². The van der Waals surface area contributed by atoms with Crippen molar-refractivity contribution >= 4 is 10.2 Å². The Morgan fingerprint density at radius 2 is 1.65 bits per heavy atom. The molecule has 0 fully saturated rings. The summed E-state index contributed by atoms with van der Waals surface area (Å²) < 4.78 is 28.2. The fraction of sp³-hybridized carbons (Fsp3) is 1.00. The molecule has 0 saturated heterocycles. The van der Waals surface area contributed by atoms with Gasteiger partial charge in [-0.15, -0.1) is 0 Å². The predicted octanol–water partition coefficient (Wildman–Crippen LogP) is 0.292. The van der Waals surface area contributed by atoms with Crippen LogP contribution in [0.2, 0.25) is 0 Å². The van der Waals surface area contributed by atoms with Gasteiger partial charge in [-0.3, -0.25) is 0 Å². The molecule has 0 aromatic rings. The van der Waals surface area contributed by atoms with Gasteiger partial charge in [-0.25, -0.2) is 0 Å². The summed E-state index contributed by atoms with van der Waals surface area (Å²) in [6, 6.07) is 0. The SMILES string of the molecule is CNCCCN(C)S(=O)(=O)N(CCN(C)C)CC(C)C. The number of nitrogens with one attached hydrogen (secondary N) is 1. The highest BCUT2D eigenvalue weighted by atomic mass is 32.2. The van der Waals surface area contributed by atoms with Crippen molar-refractivity contribution in [2.75, 3.05) is 60.9 Å². The largest absolute Gasteiger partial charge is 0.320 e. The first-order valence-electron chi connectivity index (χ1n) is 7.22. The molecule has 6 nitrogen and oxygen atoms in total. The van der Waals surface area contributed by atoms with Crippen molar-refractivity contribution in [2.45, 2.75) is 20.3 Å². The first-order chi connectivity index (χ1) is 9.21. The zero-order valence-electron chi connectivity index (χ0n) is 13.9. The van der Waals surface area contributed by atoms with E-state index in [1.54, 1.807) is 11.4 Å². The minimum Gasteiger partial charge on any atom is -0.320 e. The molecule has 0 aromatic carbocycles. The van der Waals surface area contributed by atoms with E-state index in [1.807, 2.05) is 39.9 Å². The van der Waals surface area contributed by atoms with Gasteiger partial charge in [0.2, 0.25) is 0 Å². The van der Waals surface area contributed by atoms with E-state index in [0.717, 1.165) is 19.5 Å². The van der Waals surface area contributed by atoms with Crippen LogP contribution in [-0.2, 0) is 10.2 Å². The van der Waals surface area contributed by atoms with E-state index in [-0.39, 0.29) is 0 Å². The molecular weight excluding hydrogens is 276 g/mol. The maximum absolute atomic E-state index is 12.6. The van der Waals surface area contributed by atoms with E-state index >= 15 is 0 Å². The van der Waals surface area contributed by atoms with Gasteiger partial charge in [-0.2, -0.15) is 17.0 Å². The number of likely N-dealkylation sites (N-methyl/N-ethyl adjacent to an activating group) is 1. The summed E-state index contributed by atoms with van der Waals surface area (Å²) in [6.07, 6.45) is 0.815. The Kier molecular flexibility index (Phi) is 9.58. The third-order valence-electron chi connectivity index (χ3n) is 2.99. The minimum absolute atomic E-state index is 0.317. The molecule has 7 heteroatoms. The standard InChI is InChI=1S/C13H32N4O2S/c1-13(2)12-17(11-10-15(4)5)20(18,19)16(6)9-7-8-14-3/h13-14H,7-12H2,1-6H3. The van der Waals surface area contributed by atoms with Crippen LogP contribution in [0.15, 0.2) is 0 Å². The second-order valence-electron chi connectivity index (χ2n) is 5.84. The fourth-order valence-electron chi connectivity index (χ4n) is 1.81. The van der Waals surface area contributed by atoms with Gasteiger partial charge in [0.25, 0.3) is 10.2 Å². The Bertz CT molecular complexity index is 344. The number of nitrogens with zero attached hydrogens (tertiary/aromatic N) is 3. The summed E-state index contributed by atoms with van der Waals surface area (Å²) in [5, 5.41) is 3.03. The third kappa shape index (κ3) is 7.54. The lowest BCUT2D eigenvalue weighted by molar-refractivity contribution is 0.293. The van der Waals surface area contributed by atoms with Crippen LogP contribution in [-0.4, -0.2) is 82.8 Å². The van der Waals surface area contributed by atoms with Crippen LogP contribution in [0.3, 0.4) is 0 Å². The molecule has 20 heavy (non-hydrogen) atoms. The number of hydrogen-bond donors (Lipinski definition) is 1. The highest BCUT2D eigenvalue weighted by molar-refractivity contribution is 7.86. The predicted molar refractivity (Wildman–Crippen MR) is 85.1 cm³/mol. The molecule has 0 amide bonds. The van der Waals surface area contributed by atoms with E-state index in [0.29, 0.717) is 25.6 Å². The first-order valence-corrected chi connectivity index (χ1v) is 8.62. The first kappa shape index (κ1) is 19.8. The van der Waals surface area contributed by atoms with Gasteiger partial charge in [0.15, 0.2) is 0 Å². The molecule has 1 N–H and O–H groups in total. The molecule has 0 rings (SSSR count). The molecule has 0 bridgehead atoms. The Morgan fingerprint density at radius 1 is 1.05 bits per heavy atom. The van der Waals surface area contributed by atoms with Crippen LogP contribution < -0.4 is 5.32 Å². The highest BCUT2D eigenvalue weighted by Crippen LogP contribution is 2.10. The molecule has 0 aromatic heterocycles. The lowest BCUT2D eigenvalue weighted by Gasteiger charge is -2.29. The lowest BCUT2D eigenvalue weighted by atomic mass is 10.2. The van der Waals surface area contributed by atoms with Crippen LogP contribution in [0.4, 0.5) is 0 Å². The van der Waals surface area contributed by atoms with Crippen LogP contribution in [0.1, 0.15) is 20.3 Å². The number of hydrogen-bond acceptors (Lipinski definition) is 4.